The van der Waals surface area contributed by atoms with Gasteiger partial charge in [-0.1, -0.05) is 13.8 Å². The summed E-state index contributed by atoms with van der Waals surface area (Å²) in [6.45, 7) is 5.23. The average Bonchev–Trinajstić information content (AvgIpc) is 2.48. The molecule has 5 nitrogen and oxygen atoms in total. The summed E-state index contributed by atoms with van der Waals surface area (Å²) in [5, 5.41) is 9.31. The Morgan fingerprint density at radius 1 is 1.35 bits per heavy atom. The first-order chi connectivity index (χ1) is 7.77. The van der Waals surface area contributed by atoms with Crippen molar-refractivity contribution in [2.45, 2.75) is 33.6 Å². The second-order valence-electron chi connectivity index (χ2n) is 5.32. The van der Waals surface area contributed by atoms with Crippen molar-refractivity contribution < 1.29 is 24.2 Å². The summed E-state index contributed by atoms with van der Waals surface area (Å²) in [5.74, 6) is -1.62. The van der Waals surface area contributed by atoms with Crippen LogP contribution in [0.15, 0.2) is 0 Å². The summed E-state index contributed by atoms with van der Waals surface area (Å²) in [6.07, 6.45) is 1.03. The van der Waals surface area contributed by atoms with Gasteiger partial charge in [-0.05, 0) is 25.2 Å². The van der Waals surface area contributed by atoms with E-state index in [9.17, 15) is 14.7 Å². The molecule has 5 heteroatoms. The summed E-state index contributed by atoms with van der Waals surface area (Å²) >= 11 is 0. The zero-order chi connectivity index (χ0) is 13.3. The molecule has 0 heterocycles. The first-order valence-corrected chi connectivity index (χ1v) is 5.66. The number of rotatable bonds is 4. The second kappa shape index (κ2) is 4.64. The molecule has 1 aliphatic rings. The number of hydrogen-bond acceptors (Lipinski definition) is 4. The van der Waals surface area contributed by atoms with E-state index in [1.165, 1.54) is 7.11 Å². The van der Waals surface area contributed by atoms with E-state index in [4.69, 9.17) is 4.74 Å². The summed E-state index contributed by atoms with van der Waals surface area (Å²) in [5.41, 5.74) is -1.51. The Morgan fingerprint density at radius 2 is 1.94 bits per heavy atom. The third kappa shape index (κ3) is 2.16. The zero-order valence-corrected chi connectivity index (χ0v) is 10.8. The van der Waals surface area contributed by atoms with Crippen LogP contribution in [0.4, 0.5) is 0 Å². The summed E-state index contributed by atoms with van der Waals surface area (Å²) in [7, 11) is 1.44. The van der Waals surface area contributed by atoms with Gasteiger partial charge >= 0.3 is 11.9 Å². The number of hydrogen-bond donors (Lipinski definition) is 1. The van der Waals surface area contributed by atoms with E-state index in [0.717, 1.165) is 0 Å². The number of methoxy groups -OCH3 is 1. The van der Waals surface area contributed by atoms with Gasteiger partial charge in [0.1, 0.15) is 0 Å². The van der Waals surface area contributed by atoms with Gasteiger partial charge in [0.2, 0.25) is 0 Å². The van der Waals surface area contributed by atoms with Crippen molar-refractivity contribution in [3.63, 3.8) is 0 Å². The quantitative estimate of drug-likeness (QED) is 0.601. The van der Waals surface area contributed by atoms with Crippen LogP contribution in [0.2, 0.25) is 0 Å². The maximum Gasteiger partial charge on any atom is 0.311 e. The Labute approximate surface area is 101 Å². The van der Waals surface area contributed by atoms with Gasteiger partial charge in [0.05, 0.1) is 11.3 Å². The largest absolute Gasteiger partial charge is 0.481 e. The molecule has 1 N–H and O–H groups in total. The van der Waals surface area contributed by atoms with E-state index >= 15 is 0 Å². The van der Waals surface area contributed by atoms with Crippen LogP contribution in [0.25, 0.3) is 0 Å². The van der Waals surface area contributed by atoms with Gasteiger partial charge in [-0.3, -0.25) is 9.59 Å². The smallest absolute Gasteiger partial charge is 0.311 e. The molecular weight excluding hydrogens is 224 g/mol. The van der Waals surface area contributed by atoms with E-state index in [1.54, 1.807) is 6.92 Å². The molecule has 0 aromatic heterocycles. The molecule has 0 aromatic carbocycles. The molecule has 17 heavy (non-hydrogen) atoms. The fourth-order valence-corrected chi connectivity index (χ4v) is 2.51. The normalized spacial score (nSPS) is 31.2. The average molecular weight is 244 g/mol. The monoisotopic (exact) mass is 244 g/mol. The lowest BCUT2D eigenvalue weighted by Gasteiger charge is -2.37. The Kier molecular flexibility index (Phi) is 3.81. The van der Waals surface area contributed by atoms with Crippen molar-refractivity contribution in [2.75, 3.05) is 13.9 Å². The fraction of sp³-hybridized carbons (Fsp3) is 0.833. The van der Waals surface area contributed by atoms with Gasteiger partial charge in [0, 0.05) is 7.11 Å². The SMILES string of the molecule is COCOC(=O)[C@H]1CC[C@@](C)(C(=O)O)C1(C)C. The fourth-order valence-electron chi connectivity index (χ4n) is 2.51. The van der Waals surface area contributed by atoms with Crippen molar-refractivity contribution in [3.8, 4) is 0 Å². The molecule has 0 spiro atoms. The van der Waals surface area contributed by atoms with Crippen molar-refractivity contribution in [1.29, 1.82) is 0 Å². The first kappa shape index (κ1) is 14.0. The van der Waals surface area contributed by atoms with Gasteiger partial charge in [-0.15, -0.1) is 0 Å². The van der Waals surface area contributed by atoms with Crippen LogP contribution >= 0.6 is 0 Å². The number of carbonyl (C=O) groups is 2. The minimum Gasteiger partial charge on any atom is -0.481 e. The van der Waals surface area contributed by atoms with Gasteiger partial charge in [0.25, 0.3) is 0 Å². The Hall–Kier alpha value is -1.10. The van der Waals surface area contributed by atoms with E-state index in [2.05, 4.69) is 4.74 Å². The standard InChI is InChI=1S/C12H20O5/c1-11(2)8(9(13)17-7-16-4)5-6-12(11,3)10(14)15/h8H,5-7H2,1-4H3,(H,14,15)/t8-,12+/m1/s1. The molecule has 0 bridgehead atoms. The van der Waals surface area contributed by atoms with Gasteiger partial charge in [-0.2, -0.15) is 0 Å². The zero-order valence-electron chi connectivity index (χ0n) is 10.8. The number of carboxylic acid groups (broad SMARTS) is 1. The number of aliphatic carboxylic acids is 1. The van der Waals surface area contributed by atoms with Crippen LogP contribution in [0.1, 0.15) is 33.6 Å². The summed E-state index contributed by atoms with van der Waals surface area (Å²) in [6, 6.07) is 0. The van der Waals surface area contributed by atoms with E-state index < -0.39 is 22.7 Å². The van der Waals surface area contributed by atoms with Crippen molar-refractivity contribution in [3.05, 3.63) is 0 Å². The minimum absolute atomic E-state index is 0.0881. The van der Waals surface area contributed by atoms with Crippen molar-refractivity contribution in [2.24, 2.45) is 16.7 Å². The summed E-state index contributed by atoms with van der Waals surface area (Å²) in [4.78, 5) is 23.2. The molecule has 0 aliphatic heterocycles. The molecule has 0 unspecified atom stereocenters. The predicted molar refractivity (Wildman–Crippen MR) is 60.2 cm³/mol. The molecule has 98 valence electrons. The van der Waals surface area contributed by atoms with Gasteiger partial charge < -0.3 is 14.6 Å². The molecule has 1 saturated carbocycles. The number of esters is 1. The van der Waals surface area contributed by atoms with Crippen LogP contribution in [-0.4, -0.2) is 30.9 Å². The number of ether oxygens (including phenoxy) is 2. The lowest BCUT2D eigenvalue weighted by molar-refractivity contribution is -0.166. The molecule has 0 amide bonds. The highest BCUT2D eigenvalue weighted by molar-refractivity contribution is 5.80. The second-order valence-corrected chi connectivity index (χ2v) is 5.32. The topological polar surface area (TPSA) is 72.8 Å². The minimum atomic E-state index is -0.885. The highest BCUT2D eigenvalue weighted by Crippen LogP contribution is 2.56. The molecule has 1 aliphatic carbocycles. The lowest BCUT2D eigenvalue weighted by atomic mass is 9.66. The van der Waals surface area contributed by atoms with E-state index in [0.29, 0.717) is 12.8 Å². The van der Waals surface area contributed by atoms with Crippen LogP contribution in [0, 0.1) is 16.7 Å². The number of carboxylic acids is 1. The lowest BCUT2D eigenvalue weighted by Crippen LogP contribution is -2.43. The van der Waals surface area contributed by atoms with Crippen molar-refractivity contribution >= 4 is 11.9 Å². The molecule has 0 aromatic rings. The Bertz CT molecular complexity index is 323. The molecule has 1 fully saturated rings. The third-order valence-corrected chi connectivity index (χ3v) is 4.30. The third-order valence-electron chi connectivity index (χ3n) is 4.30. The van der Waals surface area contributed by atoms with E-state index in [-0.39, 0.29) is 12.8 Å². The highest BCUT2D eigenvalue weighted by Gasteiger charge is 2.58. The molecular formula is C12H20O5. The van der Waals surface area contributed by atoms with Crippen LogP contribution in [-0.2, 0) is 19.1 Å². The Balaban J connectivity index is 2.86. The molecule has 0 radical (unpaired) electrons. The van der Waals surface area contributed by atoms with Crippen LogP contribution in [0.5, 0.6) is 0 Å². The molecule has 1 rings (SSSR count). The Morgan fingerprint density at radius 3 is 2.35 bits per heavy atom. The predicted octanol–water partition coefficient (Wildman–Crippen LogP) is 1.66. The van der Waals surface area contributed by atoms with E-state index in [1.807, 2.05) is 13.8 Å². The maximum absolute atomic E-state index is 11.8. The summed E-state index contributed by atoms with van der Waals surface area (Å²) < 4.78 is 9.61. The molecule has 2 atom stereocenters. The maximum atomic E-state index is 11.8. The van der Waals surface area contributed by atoms with Gasteiger partial charge in [0.15, 0.2) is 6.79 Å². The van der Waals surface area contributed by atoms with Crippen molar-refractivity contribution in [1.82, 2.24) is 0 Å². The first-order valence-electron chi connectivity index (χ1n) is 5.66. The molecule has 0 saturated heterocycles. The van der Waals surface area contributed by atoms with Crippen LogP contribution in [0.3, 0.4) is 0 Å². The number of carbonyl (C=O) groups excluding carboxylic acids is 1. The van der Waals surface area contributed by atoms with Gasteiger partial charge in [-0.25, -0.2) is 0 Å². The highest BCUT2D eigenvalue weighted by atomic mass is 16.7. The van der Waals surface area contributed by atoms with Crippen LogP contribution < -0.4 is 0 Å².